The molecule has 1 rings (SSSR count). The molecule has 2 nitrogen and oxygen atoms in total. The zero-order chi connectivity index (χ0) is 14.8. The Morgan fingerprint density at radius 3 is 1.89 bits per heavy atom. The average Bonchev–Trinajstić information content (AvgIpc) is 2.36. The highest BCUT2D eigenvalue weighted by molar-refractivity contribution is 5.83. The number of Topliss-reactive ketones (excluding diaryl/α,β-unsaturated/α-hetero) is 1. The first kappa shape index (κ1) is 16.4. The molecule has 1 aliphatic rings. The van der Waals surface area contributed by atoms with Gasteiger partial charge in [-0.3, -0.25) is 9.69 Å². The van der Waals surface area contributed by atoms with Gasteiger partial charge in [-0.1, -0.05) is 59.6 Å². The molecule has 1 aliphatic heterocycles. The molecular formula is C17H31NO. The molecular weight excluding hydrogens is 234 g/mol. The van der Waals surface area contributed by atoms with Gasteiger partial charge in [-0.15, -0.1) is 0 Å². The van der Waals surface area contributed by atoms with E-state index in [-0.39, 0.29) is 10.8 Å². The zero-order valence-corrected chi connectivity index (χ0v) is 13.9. The highest BCUT2D eigenvalue weighted by Gasteiger charge is 2.32. The number of ketones is 1. The maximum atomic E-state index is 12.2. The average molecular weight is 265 g/mol. The molecule has 0 radical (unpaired) electrons. The van der Waals surface area contributed by atoms with E-state index in [4.69, 9.17) is 0 Å². The Labute approximate surface area is 119 Å². The molecule has 0 bridgehead atoms. The van der Waals surface area contributed by atoms with Crippen molar-refractivity contribution >= 4 is 5.78 Å². The van der Waals surface area contributed by atoms with Crippen LogP contribution in [0, 0.1) is 10.8 Å². The fraction of sp³-hybridized carbons (Fsp3) is 0.824. The van der Waals surface area contributed by atoms with E-state index in [2.05, 4.69) is 53.4 Å². The Morgan fingerprint density at radius 2 is 1.47 bits per heavy atom. The van der Waals surface area contributed by atoms with Crippen LogP contribution < -0.4 is 0 Å². The van der Waals surface area contributed by atoms with Gasteiger partial charge in [-0.2, -0.15) is 0 Å². The van der Waals surface area contributed by atoms with E-state index in [1.165, 1.54) is 11.1 Å². The van der Waals surface area contributed by atoms with Crippen LogP contribution in [0.1, 0.15) is 61.3 Å². The molecule has 0 aromatic heterocycles. The van der Waals surface area contributed by atoms with Crippen LogP contribution in [-0.4, -0.2) is 30.3 Å². The third-order valence-corrected chi connectivity index (χ3v) is 3.87. The van der Waals surface area contributed by atoms with Crippen LogP contribution in [-0.2, 0) is 4.79 Å². The summed E-state index contributed by atoms with van der Waals surface area (Å²) in [6.07, 6.45) is 1.74. The lowest BCUT2D eigenvalue weighted by Crippen LogP contribution is -2.32. The van der Waals surface area contributed by atoms with E-state index >= 15 is 0 Å². The van der Waals surface area contributed by atoms with Crippen molar-refractivity contribution in [1.29, 1.82) is 0 Å². The van der Waals surface area contributed by atoms with Gasteiger partial charge < -0.3 is 0 Å². The van der Waals surface area contributed by atoms with Gasteiger partial charge in [0.2, 0.25) is 0 Å². The van der Waals surface area contributed by atoms with E-state index in [1.807, 2.05) is 0 Å². The van der Waals surface area contributed by atoms with Gasteiger partial charge in [0, 0.05) is 13.0 Å². The SMILES string of the molecule is CCCN1CC(=O)CC(C(C)(C)C)=C(C(C)(C)C)C1. The summed E-state index contributed by atoms with van der Waals surface area (Å²) in [5, 5.41) is 0. The maximum Gasteiger partial charge on any atom is 0.150 e. The van der Waals surface area contributed by atoms with Gasteiger partial charge in [-0.25, -0.2) is 0 Å². The van der Waals surface area contributed by atoms with E-state index in [0.29, 0.717) is 18.7 Å². The van der Waals surface area contributed by atoms with E-state index in [9.17, 15) is 4.79 Å². The normalized spacial score (nSPS) is 19.8. The number of carbonyl (C=O) groups is 1. The number of carbonyl (C=O) groups excluding carboxylic acids is 1. The highest BCUT2D eigenvalue weighted by Crippen LogP contribution is 2.40. The van der Waals surface area contributed by atoms with Gasteiger partial charge in [0.05, 0.1) is 6.54 Å². The molecule has 0 N–H and O–H groups in total. The fourth-order valence-electron chi connectivity index (χ4n) is 2.87. The summed E-state index contributed by atoms with van der Waals surface area (Å²) < 4.78 is 0. The summed E-state index contributed by atoms with van der Waals surface area (Å²) in [6, 6.07) is 0. The topological polar surface area (TPSA) is 20.3 Å². The van der Waals surface area contributed by atoms with Crippen molar-refractivity contribution in [3.05, 3.63) is 11.1 Å². The van der Waals surface area contributed by atoms with Gasteiger partial charge in [0.25, 0.3) is 0 Å². The minimum Gasteiger partial charge on any atom is -0.298 e. The summed E-state index contributed by atoms with van der Waals surface area (Å²) in [4.78, 5) is 14.5. The number of nitrogens with zero attached hydrogens (tertiary/aromatic N) is 1. The minimum absolute atomic E-state index is 0.0838. The number of hydrogen-bond acceptors (Lipinski definition) is 2. The molecule has 19 heavy (non-hydrogen) atoms. The lowest BCUT2D eigenvalue weighted by Gasteiger charge is -2.33. The first-order valence-corrected chi connectivity index (χ1v) is 7.52. The van der Waals surface area contributed by atoms with E-state index in [1.54, 1.807) is 0 Å². The molecule has 0 aliphatic carbocycles. The van der Waals surface area contributed by atoms with Gasteiger partial charge in [0.1, 0.15) is 0 Å². The van der Waals surface area contributed by atoms with Crippen molar-refractivity contribution in [2.24, 2.45) is 10.8 Å². The smallest absolute Gasteiger partial charge is 0.150 e. The standard InChI is InChI=1S/C17H31NO/c1-8-9-18-11-13(19)10-14(16(2,3)4)15(12-18)17(5,6)7/h8-12H2,1-7H3. The summed E-state index contributed by atoms with van der Waals surface area (Å²) in [6.45, 7) is 18.3. The number of hydrogen-bond donors (Lipinski definition) is 0. The van der Waals surface area contributed by atoms with Gasteiger partial charge >= 0.3 is 0 Å². The Kier molecular flexibility index (Phi) is 5.00. The van der Waals surface area contributed by atoms with E-state index < -0.39 is 0 Å². The molecule has 0 aromatic rings. The zero-order valence-electron chi connectivity index (χ0n) is 13.9. The summed E-state index contributed by atoms with van der Waals surface area (Å²) in [7, 11) is 0. The molecule has 1 heterocycles. The Hall–Kier alpha value is -0.630. The summed E-state index contributed by atoms with van der Waals surface area (Å²) >= 11 is 0. The first-order chi connectivity index (χ1) is 8.55. The van der Waals surface area contributed by atoms with Crippen LogP contribution in [0.5, 0.6) is 0 Å². The minimum atomic E-state index is 0.0838. The second kappa shape index (κ2) is 5.78. The molecule has 0 atom stereocenters. The van der Waals surface area contributed by atoms with Crippen molar-refractivity contribution in [3.8, 4) is 0 Å². The van der Waals surface area contributed by atoms with Crippen molar-refractivity contribution < 1.29 is 4.79 Å². The van der Waals surface area contributed by atoms with Crippen molar-refractivity contribution in [2.75, 3.05) is 19.6 Å². The fourth-order valence-corrected chi connectivity index (χ4v) is 2.87. The third kappa shape index (κ3) is 4.45. The van der Waals surface area contributed by atoms with Crippen LogP contribution in [0.15, 0.2) is 11.1 Å². The van der Waals surface area contributed by atoms with Crippen molar-refractivity contribution in [2.45, 2.75) is 61.3 Å². The number of allylic oxidation sites excluding steroid dienone is 1. The summed E-state index contributed by atoms with van der Waals surface area (Å²) in [5.41, 5.74) is 3.06. The molecule has 0 unspecified atom stereocenters. The monoisotopic (exact) mass is 265 g/mol. The molecule has 0 fully saturated rings. The Morgan fingerprint density at radius 1 is 0.947 bits per heavy atom. The molecule has 0 saturated heterocycles. The van der Waals surface area contributed by atoms with Crippen LogP contribution >= 0.6 is 0 Å². The summed E-state index contributed by atoms with van der Waals surface area (Å²) in [5.74, 6) is 0.373. The second-order valence-corrected chi connectivity index (χ2v) is 7.88. The molecule has 0 saturated carbocycles. The van der Waals surface area contributed by atoms with Crippen molar-refractivity contribution in [3.63, 3.8) is 0 Å². The third-order valence-electron chi connectivity index (χ3n) is 3.87. The predicted octanol–water partition coefficient (Wildman–Crippen LogP) is 4.06. The predicted molar refractivity (Wildman–Crippen MR) is 82.3 cm³/mol. The quantitative estimate of drug-likeness (QED) is 0.702. The molecule has 2 heteroatoms. The highest BCUT2D eigenvalue weighted by atomic mass is 16.1. The van der Waals surface area contributed by atoms with Crippen LogP contribution in [0.2, 0.25) is 0 Å². The molecule has 110 valence electrons. The number of rotatable bonds is 2. The Bertz CT molecular complexity index is 366. The van der Waals surface area contributed by atoms with Crippen LogP contribution in [0.4, 0.5) is 0 Å². The van der Waals surface area contributed by atoms with Gasteiger partial charge in [0.15, 0.2) is 5.78 Å². The van der Waals surface area contributed by atoms with E-state index in [0.717, 1.165) is 19.5 Å². The van der Waals surface area contributed by atoms with Crippen LogP contribution in [0.3, 0.4) is 0 Å². The van der Waals surface area contributed by atoms with Crippen LogP contribution in [0.25, 0.3) is 0 Å². The molecule has 0 aromatic carbocycles. The molecule has 0 amide bonds. The largest absolute Gasteiger partial charge is 0.298 e. The first-order valence-electron chi connectivity index (χ1n) is 7.52. The van der Waals surface area contributed by atoms with Crippen molar-refractivity contribution in [1.82, 2.24) is 4.90 Å². The lowest BCUT2D eigenvalue weighted by atomic mass is 9.73. The Balaban J connectivity index is 3.24. The maximum absolute atomic E-state index is 12.2. The molecule has 0 spiro atoms. The lowest BCUT2D eigenvalue weighted by molar-refractivity contribution is -0.119. The second-order valence-electron chi connectivity index (χ2n) is 7.88. The van der Waals surface area contributed by atoms with Gasteiger partial charge in [-0.05, 0) is 23.8 Å².